The Kier molecular flexibility index (Phi) is 3.77. The van der Waals surface area contributed by atoms with Crippen LogP contribution in [0.1, 0.15) is 40.0 Å². The first-order chi connectivity index (χ1) is 6.93. The number of carbonyl (C=O) groups excluding carboxylic acids is 1. The van der Waals surface area contributed by atoms with E-state index in [9.17, 15) is 4.79 Å². The molecule has 1 aliphatic rings. The summed E-state index contributed by atoms with van der Waals surface area (Å²) in [5, 5.41) is 0. The molecule has 0 aromatic rings. The number of ether oxygens (including phenoxy) is 1. The molecule has 1 saturated carbocycles. The summed E-state index contributed by atoms with van der Waals surface area (Å²) in [5.41, 5.74) is 6.14. The minimum atomic E-state index is -0.137. The zero-order valence-electron chi connectivity index (χ0n) is 10.2. The quantitative estimate of drug-likeness (QED) is 0.713. The third kappa shape index (κ3) is 2.17. The molecule has 0 aromatic heterocycles. The van der Waals surface area contributed by atoms with E-state index in [-0.39, 0.29) is 23.3 Å². The highest BCUT2D eigenvalue weighted by Crippen LogP contribution is 2.43. The van der Waals surface area contributed by atoms with Gasteiger partial charge >= 0.3 is 5.97 Å². The summed E-state index contributed by atoms with van der Waals surface area (Å²) in [6.07, 6.45) is 3.35. The van der Waals surface area contributed by atoms with Gasteiger partial charge in [-0.15, -0.1) is 0 Å². The van der Waals surface area contributed by atoms with Gasteiger partial charge in [0.25, 0.3) is 0 Å². The van der Waals surface area contributed by atoms with E-state index in [1.165, 1.54) is 13.5 Å². The summed E-state index contributed by atoms with van der Waals surface area (Å²) in [4.78, 5) is 11.6. The second-order valence-electron chi connectivity index (χ2n) is 5.15. The van der Waals surface area contributed by atoms with E-state index in [0.29, 0.717) is 5.92 Å². The summed E-state index contributed by atoms with van der Waals surface area (Å²) in [6, 6.07) is 0.0975. The molecule has 0 heterocycles. The van der Waals surface area contributed by atoms with Gasteiger partial charge in [-0.1, -0.05) is 27.2 Å². The molecule has 3 nitrogen and oxygen atoms in total. The molecule has 0 bridgehead atoms. The van der Waals surface area contributed by atoms with E-state index in [0.717, 1.165) is 12.8 Å². The Morgan fingerprint density at radius 3 is 2.73 bits per heavy atom. The average Bonchev–Trinajstić information content (AvgIpc) is 2.23. The normalized spacial score (nSPS) is 38.5. The minimum Gasteiger partial charge on any atom is -0.469 e. The van der Waals surface area contributed by atoms with Crippen LogP contribution in [-0.4, -0.2) is 19.1 Å². The van der Waals surface area contributed by atoms with Crippen LogP contribution in [0.25, 0.3) is 0 Å². The van der Waals surface area contributed by atoms with E-state index in [4.69, 9.17) is 10.5 Å². The predicted octanol–water partition coefficient (Wildman–Crippen LogP) is 1.95. The van der Waals surface area contributed by atoms with E-state index < -0.39 is 0 Å². The lowest BCUT2D eigenvalue weighted by Crippen LogP contribution is -2.52. The van der Waals surface area contributed by atoms with Crippen molar-refractivity contribution in [1.82, 2.24) is 0 Å². The number of esters is 1. The molecule has 88 valence electrons. The van der Waals surface area contributed by atoms with Crippen molar-refractivity contribution < 1.29 is 9.53 Å². The summed E-state index contributed by atoms with van der Waals surface area (Å²) < 4.78 is 4.82. The van der Waals surface area contributed by atoms with Gasteiger partial charge in [0.1, 0.15) is 0 Å². The number of hydrogen-bond donors (Lipinski definition) is 1. The van der Waals surface area contributed by atoms with Crippen molar-refractivity contribution in [2.24, 2.45) is 23.0 Å². The molecular formula is C12H23NO2. The van der Waals surface area contributed by atoms with Crippen molar-refractivity contribution >= 4 is 5.97 Å². The molecular weight excluding hydrogens is 190 g/mol. The maximum Gasteiger partial charge on any atom is 0.308 e. The second kappa shape index (κ2) is 4.52. The lowest BCUT2D eigenvalue weighted by molar-refractivity contribution is -0.151. The Hall–Kier alpha value is -0.570. The molecule has 1 rings (SSSR count). The van der Waals surface area contributed by atoms with Crippen LogP contribution in [0.5, 0.6) is 0 Å². The lowest BCUT2D eigenvalue weighted by atomic mass is 9.62. The molecule has 1 aliphatic carbocycles. The van der Waals surface area contributed by atoms with Crippen molar-refractivity contribution in [1.29, 1.82) is 0 Å². The highest BCUT2D eigenvalue weighted by molar-refractivity contribution is 5.73. The molecule has 2 N–H and O–H groups in total. The Labute approximate surface area is 92.4 Å². The van der Waals surface area contributed by atoms with Crippen LogP contribution in [0.15, 0.2) is 0 Å². The predicted molar refractivity (Wildman–Crippen MR) is 60.3 cm³/mol. The highest BCUT2D eigenvalue weighted by Gasteiger charge is 2.45. The van der Waals surface area contributed by atoms with Gasteiger partial charge in [0.05, 0.1) is 13.0 Å². The fourth-order valence-corrected chi connectivity index (χ4v) is 2.75. The lowest BCUT2D eigenvalue weighted by Gasteiger charge is -2.45. The largest absolute Gasteiger partial charge is 0.469 e. The first-order valence-electron chi connectivity index (χ1n) is 5.77. The van der Waals surface area contributed by atoms with Crippen LogP contribution >= 0.6 is 0 Å². The van der Waals surface area contributed by atoms with E-state index >= 15 is 0 Å². The molecule has 0 aromatic carbocycles. The van der Waals surface area contributed by atoms with Crippen molar-refractivity contribution in [3.05, 3.63) is 0 Å². The van der Waals surface area contributed by atoms with E-state index in [1.807, 2.05) is 6.92 Å². The molecule has 0 radical (unpaired) electrons. The van der Waals surface area contributed by atoms with Gasteiger partial charge in [-0.2, -0.15) is 0 Å². The molecule has 0 spiro atoms. The zero-order valence-corrected chi connectivity index (χ0v) is 10.2. The fraction of sp³-hybridized carbons (Fsp3) is 0.917. The van der Waals surface area contributed by atoms with Crippen LogP contribution in [0.3, 0.4) is 0 Å². The number of hydrogen-bond acceptors (Lipinski definition) is 3. The van der Waals surface area contributed by atoms with Crippen LogP contribution in [0, 0.1) is 17.3 Å². The van der Waals surface area contributed by atoms with Gasteiger partial charge in [0, 0.05) is 6.04 Å². The first-order valence-corrected chi connectivity index (χ1v) is 5.77. The van der Waals surface area contributed by atoms with Gasteiger partial charge in [-0.3, -0.25) is 4.79 Å². The maximum atomic E-state index is 11.6. The molecule has 0 saturated heterocycles. The smallest absolute Gasteiger partial charge is 0.308 e. The van der Waals surface area contributed by atoms with Gasteiger partial charge in [-0.25, -0.2) is 0 Å². The van der Waals surface area contributed by atoms with Crippen LogP contribution in [0.2, 0.25) is 0 Å². The van der Waals surface area contributed by atoms with Crippen molar-refractivity contribution in [2.45, 2.75) is 46.1 Å². The summed E-state index contributed by atoms with van der Waals surface area (Å²) in [7, 11) is 1.44. The second-order valence-corrected chi connectivity index (χ2v) is 5.15. The average molecular weight is 213 g/mol. The summed E-state index contributed by atoms with van der Waals surface area (Å²) >= 11 is 0. The number of methoxy groups -OCH3 is 1. The number of rotatable bonds is 2. The monoisotopic (exact) mass is 213 g/mol. The Balaban J connectivity index is 2.83. The first kappa shape index (κ1) is 12.5. The molecule has 4 atom stereocenters. The Morgan fingerprint density at radius 2 is 2.20 bits per heavy atom. The Morgan fingerprint density at radius 1 is 1.60 bits per heavy atom. The third-order valence-corrected chi connectivity index (χ3v) is 4.29. The van der Waals surface area contributed by atoms with Gasteiger partial charge in [-0.05, 0) is 24.2 Å². The van der Waals surface area contributed by atoms with E-state index in [2.05, 4.69) is 13.8 Å². The minimum absolute atomic E-state index is 0.0975. The van der Waals surface area contributed by atoms with Crippen molar-refractivity contribution in [3.63, 3.8) is 0 Å². The SMILES string of the molecule is COC(=O)C(C)C1(C)CCCC(C)C1N. The summed E-state index contributed by atoms with van der Waals surface area (Å²) in [5.74, 6) is 0.248. The van der Waals surface area contributed by atoms with Gasteiger partial charge in [0.2, 0.25) is 0 Å². The number of carbonyl (C=O) groups is 1. The van der Waals surface area contributed by atoms with Crippen molar-refractivity contribution in [2.75, 3.05) is 7.11 Å². The standard InChI is InChI=1S/C12H23NO2/c1-8-6-5-7-12(3,10(8)13)9(2)11(14)15-4/h8-10H,5-7,13H2,1-4H3. The van der Waals surface area contributed by atoms with Crippen LogP contribution in [0.4, 0.5) is 0 Å². The van der Waals surface area contributed by atoms with Crippen LogP contribution in [-0.2, 0) is 9.53 Å². The van der Waals surface area contributed by atoms with Gasteiger partial charge in [0.15, 0.2) is 0 Å². The maximum absolute atomic E-state index is 11.6. The van der Waals surface area contributed by atoms with E-state index in [1.54, 1.807) is 0 Å². The molecule has 1 fully saturated rings. The zero-order chi connectivity index (χ0) is 11.6. The topological polar surface area (TPSA) is 52.3 Å². The summed E-state index contributed by atoms with van der Waals surface area (Å²) in [6.45, 7) is 6.23. The number of nitrogens with two attached hydrogens (primary N) is 1. The molecule has 3 heteroatoms. The van der Waals surface area contributed by atoms with Crippen molar-refractivity contribution in [3.8, 4) is 0 Å². The van der Waals surface area contributed by atoms with Gasteiger partial charge < -0.3 is 10.5 Å². The molecule has 0 amide bonds. The highest BCUT2D eigenvalue weighted by atomic mass is 16.5. The Bertz CT molecular complexity index is 242. The molecule has 0 aliphatic heterocycles. The van der Waals surface area contributed by atoms with Crippen LogP contribution < -0.4 is 5.73 Å². The third-order valence-electron chi connectivity index (χ3n) is 4.29. The fourth-order valence-electron chi connectivity index (χ4n) is 2.75. The molecule has 15 heavy (non-hydrogen) atoms. The molecule has 4 unspecified atom stereocenters.